The van der Waals surface area contributed by atoms with Gasteiger partial charge in [0.15, 0.2) is 0 Å². The maximum absolute atomic E-state index is 6.07. The lowest BCUT2D eigenvalue weighted by Gasteiger charge is -2.10. The van der Waals surface area contributed by atoms with Gasteiger partial charge in [0.1, 0.15) is 0 Å². The fourth-order valence-corrected chi connectivity index (χ4v) is 2.48. The molecule has 2 N–H and O–H groups in total. The Balaban J connectivity index is 2.12. The first kappa shape index (κ1) is 13.5. The Morgan fingerprint density at radius 2 is 1.67 bits per heavy atom. The molecule has 0 spiro atoms. The molecule has 1 aromatic carbocycles. The molecule has 0 unspecified atom stereocenters. The van der Waals surface area contributed by atoms with Crippen molar-refractivity contribution in [2.75, 3.05) is 5.73 Å². The summed E-state index contributed by atoms with van der Waals surface area (Å²) in [5.41, 5.74) is 13.0. The number of fused-ring (bicyclic) bond motifs is 1. The molecule has 3 aromatic rings. The SMILES string of the molecule is Cc1ccc2nc(N)n(Cc3nc(C)c(C)nc3C)c2c1. The van der Waals surface area contributed by atoms with Crippen molar-refractivity contribution in [1.82, 2.24) is 19.5 Å². The normalized spacial score (nSPS) is 11.2. The average Bonchev–Trinajstić information content (AvgIpc) is 2.72. The first-order chi connectivity index (χ1) is 9.95. The molecule has 5 nitrogen and oxygen atoms in total. The van der Waals surface area contributed by atoms with Crippen molar-refractivity contribution in [3.8, 4) is 0 Å². The minimum Gasteiger partial charge on any atom is -0.369 e. The summed E-state index contributed by atoms with van der Waals surface area (Å²) in [7, 11) is 0. The van der Waals surface area contributed by atoms with Crippen molar-refractivity contribution < 1.29 is 0 Å². The van der Waals surface area contributed by atoms with Gasteiger partial charge < -0.3 is 10.3 Å². The van der Waals surface area contributed by atoms with Crippen LogP contribution in [0.15, 0.2) is 18.2 Å². The fraction of sp³-hybridized carbons (Fsp3) is 0.312. The molecule has 3 rings (SSSR count). The zero-order valence-corrected chi connectivity index (χ0v) is 12.8. The van der Waals surface area contributed by atoms with Crippen LogP contribution >= 0.6 is 0 Å². The predicted octanol–water partition coefficient (Wildman–Crippen LogP) is 2.69. The Kier molecular flexibility index (Phi) is 3.12. The number of aromatic nitrogens is 4. The monoisotopic (exact) mass is 281 g/mol. The van der Waals surface area contributed by atoms with Gasteiger partial charge in [-0.25, -0.2) is 4.98 Å². The first-order valence-electron chi connectivity index (χ1n) is 6.99. The van der Waals surface area contributed by atoms with E-state index >= 15 is 0 Å². The summed E-state index contributed by atoms with van der Waals surface area (Å²) in [5, 5.41) is 0. The van der Waals surface area contributed by atoms with Gasteiger partial charge in [0.2, 0.25) is 5.95 Å². The average molecular weight is 281 g/mol. The second-order valence-corrected chi connectivity index (χ2v) is 5.47. The smallest absolute Gasteiger partial charge is 0.201 e. The minimum atomic E-state index is 0.509. The fourth-order valence-electron chi connectivity index (χ4n) is 2.48. The van der Waals surface area contributed by atoms with Gasteiger partial charge in [-0.05, 0) is 45.4 Å². The van der Waals surface area contributed by atoms with Crippen LogP contribution < -0.4 is 5.73 Å². The molecule has 0 bridgehead atoms. The van der Waals surface area contributed by atoms with E-state index in [0.717, 1.165) is 33.8 Å². The van der Waals surface area contributed by atoms with Gasteiger partial charge in [-0.3, -0.25) is 9.97 Å². The molecule has 0 saturated heterocycles. The maximum atomic E-state index is 6.07. The molecule has 0 aliphatic rings. The predicted molar refractivity (Wildman–Crippen MR) is 84.2 cm³/mol. The van der Waals surface area contributed by atoms with Crippen LogP contribution in [0.5, 0.6) is 0 Å². The van der Waals surface area contributed by atoms with Gasteiger partial charge in [0.05, 0.1) is 40.4 Å². The third-order valence-corrected chi connectivity index (χ3v) is 3.82. The molecule has 0 atom stereocenters. The summed E-state index contributed by atoms with van der Waals surface area (Å²) in [6.07, 6.45) is 0. The Morgan fingerprint density at radius 1 is 0.952 bits per heavy atom. The van der Waals surface area contributed by atoms with Crippen molar-refractivity contribution >= 4 is 17.0 Å². The van der Waals surface area contributed by atoms with Crippen LogP contribution in [0.4, 0.5) is 5.95 Å². The molecule has 0 amide bonds. The first-order valence-corrected chi connectivity index (χ1v) is 6.99. The van der Waals surface area contributed by atoms with E-state index in [0.29, 0.717) is 12.5 Å². The lowest BCUT2D eigenvalue weighted by Crippen LogP contribution is -2.10. The van der Waals surface area contributed by atoms with Crippen molar-refractivity contribution in [3.63, 3.8) is 0 Å². The Morgan fingerprint density at radius 3 is 2.43 bits per heavy atom. The summed E-state index contributed by atoms with van der Waals surface area (Å²) in [6, 6.07) is 6.14. The molecule has 108 valence electrons. The zero-order valence-electron chi connectivity index (χ0n) is 12.8. The van der Waals surface area contributed by atoms with Gasteiger partial charge >= 0.3 is 0 Å². The molecule has 2 heterocycles. The molecule has 2 aromatic heterocycles. The molecule has 0 aliphatic carbocycles. The van der Waals surface area contributed by atoms with Gasteiger partial charge in [0.25, 0.3) is 0 Å². The number of nitrogen functional groups attached to an aromatic ring is 1. The van der Waals surface area contributed by atoms with Crippen LogP contribution in [-0.2, 0) is 6.54 Å². The molecule has 0 aliphatic heterocycles. The number of hydrogen-bond donors (Lipinski definition) is 1. The topological polar surface area (TPSA) is 69.6 Å². The van der Waals surface area contributed by atoms with E-state index in [-0.39, 0.29) is 0 Å². The number of benzene rings is 1. The van der Waals surface area contributed by atoms with Crippen LogP contribution in [-0.4, -0.2) is 19.5 Å². The Labute approximate surface area is 123 Å². The Bertz CT molecular complexity index is 832. The number of aryl methyl sites for hydroxylation is 4. The standard InChI is InChI=1S/C16H19N5/c1-9-5-6-13-15(7-9)21(16(17)20-13)8-14-12(4)18-10(2)11(3)19-14/h5-7H,8H2,1-4H3,(H2,17,20). The van der Waals surface area contributed by atoms with Gasteiger partial charge in [-0.1, -0.05) is 6.07 Å². The highest BCUT2D eigenvalue weighted by Gasteiger charge is 2.12. The van der Waals surface area contributed by atoms with Gasteiger partial charge in [-0.15, -0.1) is 0 Å². The number of nitrogens with two attached hydrogens (primary N) is 1. The van der Waals surface area contributed by atoms with Crippen molar-refractivity contribution in [3.05, 3.63) is 46.5 Å². The summed E-state index contributed by atoms with van der Waals surface area (Å²) >= 11 is 0. The minimum absolute atomic E-state index is 0.509. The van der Waals surface area contributed by atoms with E-state index in [2.05, 4.69) is 27.9 Å². The molecule has 21 heavy (non-hydrogen) atoms. The zero-order chi connectivity index (χ0) is 15.1. The number of anilines is 1. The van der Waals surface area contributed by atoms with E-state index in [1.165, 1.54) is 5.56 Å². The third kappa shape index (κ3) is 2.35. The molecular formula is C16H19N5. The quantitative estimate of drug-likeness (QED) is 0.784. The number of imidazole rings is 1. The van der Waals surface area contributed by atoms with Crippen molar-refractivity contribution in [1.29, 1.82) is 0 Å². The summed E-state index contributed by atoms with van der Waals surface area (Å²) in [4.78, 5) is 13.6. The largest absolute Gasteiger partial charge is 0.369 e. The second kappa shape index (κ2) is 4.84. The molecule has 0 saturated carbocycles. The van der Waals surface area contributed by atoms with Gasteiger partial charge in [-0.2, -0.15) is 0 Å². The summed E-state index contributed by atoms with van der Waals surface area (Å²) in [6.45, 7) is 8.59. The van der Waals surface area contributed by atoms with E-state index in [1.54, 1.807) is 0 Å². The highest BCUT2D eigenvalue weighted by Crippen LogP contribution is 2.21. The second-order valence-electron chi connectivity index (χ2n) is 5.47. The van der Waals surface area contributed by atoms with E-state index in [9.17, 15) is 0 Å². The number of nitrogens with zero attached hydrogens (tertiary/aromatic N) is 4. The lowest BCUT2D eigenvalue weighted by molar-refractivity contribution is 0.777. The maximum Gasteiger partial charge on any atom is 0.201 e. The number of hydrogen-bond acceptors (Lipinski definition) is 4. The Hall–Kier alpha value is -2.43. The van der Waals surface area contributed by atoms with Crippen LogP contribution in [0, 0.1) is 27.7 Å². The highest BCUT2D eigenvalue weighted by atomic mass is 15.2. The molecule has 0 fully saturated rings. The van der Waals surface area contributed by atoms with Crippen LogP contribution in [0.3, 0.4) is 0 Å². The van der Waals surface area contributed by atoms with Gasteiger partial charge in [0, 0.05) is 0 Å². The van der Waals surface area contributed by atoms with E-state index < -0.39 is 0 Å². The molecule has 0 radical (unpaired) electrons. The van der Waals surface area contributed by atoms with E-state index in [4.69, 9.17) is 5.73 Å². The van der Waals surface area contributed by atoms with Crippen LogP contribution in [0.25, 0.3) is 11.0 Å². The third-order valence-electron chi connectivity index (χ3n) is 3.82. The van der Waals surface area contributed by atoms with Crippen molar-refractivity contribution in [2.24, 2.45) is 0 Å². The molecular weight excluding hydrogens is 262 g/mol. The van der Waals surface area contributed by atoms with Crippen molar-refractivity contribution in [2.45, 2.75) is 34.2 Å². The highest BCUT2D eigenvalue weighted by molar-refractivity contribution is 5.79. The summed E-state index contributed by atoms with van der Waals surface area (Å²) in [5.74, 6) is 0.509. The van der Waals surface area contributed by atoms with Crippen LogP contribution in [0.1, 0.15) is 28.3 Å². The molecule has 5 heteroatoms. The van der Waals surface area contributed by atoms with E-state index in [1.807, 2.05) is 37.5 Å². The van der Waals surface area contributed by atoms with Crippen LogP contribution in [0.2, 0.25) is 0 Å². The summed E-state index contributed by atoms with van der Waals surface area (Å²) < 4.78 is 1.99. The lowest BCUT2D eigenvalue weighted by atomic mass is 10.2. The number of rotatable bonds is 2.